The number of hydrogen-bond donors (Lipinski definition) is 2. The molecule has 3 heterocycles. The summed E-state index contributed by atoms with van der Waals surface area (Å²) in [5.74, 6) is 0.577. The van der Waals surface area contributed by atoms with Crippen LogP contribution in [0.15, 0.2) is 127 Å². The average molecular weight is 627 g/mol. The summed E-state index contributed by atoms with van der Waals surface area (Å²) in [5, 5.41) is 4.66. The lowest BCUT2D eigenvalue weighted by Gasteiger charge is -2.20. The summed E-state index contributed by atoms with van der Waals surface area (Å²) in [4.78, 5) is 25.6. The summed E-state index contributed by atoms with van der Waals surface area (Å²) < 4.78 is 30.1. The number of pyridine rings is 1. The molecule has 0 unspecified atom stereocenters. The van der Waals surface area contributed by atoms with Gasteiger partial charge in [0.25, 0.3) is 15.9 Å². The van der Waals surface area contributed by atoms with Crippen molar-refractivity contribution < 1.29 is 13.2 Å². The van der Waals surface area contributed by atoms with Crippen molar-refractivity contribution in [2.75, 3.05) is 11.4 Å². The Morgan fingerprint density at radius 3 is 2.30 bits per heavy atom. The molecule has 4 aromatic carbocycles. The van der Waals surface area contributed by atoms with Crippen LogP contribution in [0.3, 0.4) is 0 Å². The number of aryl methyl sites for hydroxylation is 1. The van der Waals surface area contributed by atoms with E-state index in [1.54, 1.807) is 61.8 Å². The first kappa shape index (κ1) is 29.0. The van der Waals surface area contributed by atoms with E-state index in [-0.39, 0.29) is 10.8 Å². The highest BCUT2D eigenvalue weighted by Crippen LogP contribution is 2.41. The van der Waals surface area contributed by atoms with Gasteiger partial charge in [-0.15, -0.1) is 0 Å². The number of sulfonamides is 1. The molecule has 10 heteroatoms. The van der Waals surface area contributed by atoms with Gasteiger partial charge in [-0.3, -0.25) is 9.10 Å². The minimum absolute atomic E-state index is 0.190. The third kappa shape index (κ3) is 5.18. The monoisotopic (exact) mass is 626 g/mol. The summed E-state index contributed by atoms with van der Waals surface area (Å²) >= 11 is 0. The van der Waals surface area contributed by atoms with E-state index in [4.69, 9.17) is 4.98 Å². The summed E-state index contributed by atoms with van der Waals surface area (Å²) in [6.07, 6.45) is 5.37. The normalized spacial score (nSPS) is 11.6. The van der Waals surface area contributed by atoms with Crippen molar-refractivity contribution in [2.45, 2.75) is 11.4 Å². The van der Waals surface area contributed by atoms with Crippen molar-refractivity contribution in [3.8, 4) is 22.3 Å². The van der Waals surface area contributed by atoms with Crippen molar-refractivity contribution in [3.63, 3.8) is 0 Å². The molecule has 7 rings (SSSR count). The molecule has 7 aromatic rings. The molecule has 0 aliphatic carbocycles. The first-order valence-electron chi connectivity index (χ1n) is 14.7. The minimum Gasteiger partial charge on any atom is -0.345 e. The first-order valence-corrected chi connectivity index (χ1v) is 16.1. The Hall–Kier alpha value is -5.74. The van der Waals surface area contributed by atoms with Gasteiger partial charge in [-0.05, 0) is 53.6 Å². The lowest BCUT2D eigenvalue weighted by molar-refractivity contribution is 0.0949. The van der Waals surface area contributed by atoms with Gasteiger partial charge in [0.1, 0.15) is 11.5 Å². The zero-order valence-electron chi connectivity index (χ0n) is 25.2. The van der Waals surface area contributed by atoms with Crippen LogP contribution in [-0.2, 0) is 23.6 Å². The van der Waals surface area contributed by atoms with E-state index in [1.807, 2.05) is 78.6 Å². The number of carbonyl (C=O) groups is 1. The number of fused-ring (bicyclic) bond motifs is 3. The number of nitrogens with one attached hydrogen (secondary N) is 2. The second-order valence-electron chi connectivity index (χ2n) is 11.0. The van der Waals surface area contributed by atoms with E-state index < -0.39 is 10.0 Å². The van der Waals surface area contributed by atoms with Gasteiger partial charge in [-0.2, -0.15) is 0 Å². The van der Waals surface area contributed by atoms with Crippen LogP contribution in [-0.4, -0.2) is 40.9 Å². The van der Waals surface area contributed by atoms with Gasteiger partial charge in [0.15, 0.2) is 0 Å². The van der Waals surface area contributed by atoms with Gasteiger partial charge in [0.05, 0.1) is 17.1 Å². The molecular weight excluding hydrogens is 597 g/mol. The Bertz CT molecular complexity index is 2310. The number of hydrogen-bond acceptors (Lipinski definition) is 5. The quantitative estimate of drug-likeness (QED) is 0.199. The second kappa shape index (κ2) is 11.6. The molecule has 46 heavy (non-hydrogen) atoms. The Kier molecular flexibility index (Phi) is 7.34. The van der Waals surface area contributed by atoms with Gasteiger partial charge in [-0.1, -0.05) is 60.7 Å². The fourth-order valence-corrected chi connectivity index (χ4v) is 6.89. The predicted octanol–water partition coefficient (Wildman–Crippen LogP) is 6.54. The zero-order valence-corrected chi connectivity index (χ0v) is 26.0. The van der Waals surface area contributed by atoms with Crippen LogP contribution in [0.4, 0.5) is 5.69 Å². The topological polar surface area (TPSA) is 113 Å². The molecule has 3 aromatic heterocycles. The Morgan fingerprint density at radius 2 is 1.61 bits per heavy atom. The number of anilines is 1. The Labute approximate surface area is 266 Å². The third-order valence-electron chi connectivity index (χ3n) is 8.22. The maximum Gasteiger partial charge on any atom is 0.264 e. The highest BCUT2D eigenvalue weighted by molar-refractivity contribution is 7.92. The van der Waals surface area contributed by atoms with Gasteiger partial charge >= 0.3 is 0 Å². The van der Waals surface area contributed by atoms with Crippen LogP contribution in [0.5, 0.6) is 0 Å². The van der Waals surface area contributed by atoms with Crippen molar-refractivity contribution in [3.05, 3.63) is 133 Å². The lowest BCUT2D eigenvalue weighted by atomic mass is 9.92. The van der Waals surface area contributed by atoms with Crippen molar-refractivity contribution >= 4 is 43.6 Å². The highest BCUT2D eigenvalue weighted by atomic mass is 32.2. The molecule has 0 atom stereocenters. The molecule has 0 saturated heterocycles. The van der Waals surface area contributed by atoms with E-state index in [0.29, 0.717) is 23.4 Å². The number of H-pyrrole nitrogens is 1. The molecule has 9 nitrogen and oxygen atoms in total. The standard InChI is InChI=1S/C36H30N6O3S/c1-41-20-19-37-32(41)23-39-36(43)26-15-13-24(14-16-26)30-22-38-35-34(33(30)25-9-5-3-6-10-25)29-21-27(17-18-31(29)40-35)42(2)46(44,45)28-11-7-4-8-12-28/h3-22H,23H2,1-2H3,(H,38,40)(H,39,43). The maximum atomic E-state index is 13.5. The SMILES string of the molecule is CN(c1ccc2[nH]c3ncc(-c4ccc(C(=O)NCc5nccn5C)cc4)c(-c4ccccc4)c3c2c1)S(=O)(=O)c1ccccc1. The van der Waals surface area contributed by atoms with E-state index in [2.05, 4.69) is 15.3 Å². The second-order valence-corrected chi connectivity index (χ2v) is 13.0. The van der Waals surface area contributed by atoms with Gasteiger partial charge < -0.3 is 14.9 Å². The van der Waals surface area contributed by atoms with Gasteiger partial charge in [0, 0.05) is 65.7 Å². The van der Waals surface area contributed by atoms with Crippen LogP contribution < -0.4 is 9.62 Å². The van der Waals surface area contributed by atoms with E-state index >= 15 is 0 Å². The summed E-state index contributed by atoms with van der Waals surface area (Å²) in [6, 6.07) is 31.5. The minimum atomic E-state index is -3.77. The van der Waals surface area contributed by atoms with Gasteiger partial charge in [0.2, 0.25) is 0 Å². The van der Waals surface area contributed by atoms with Crippen molar-refractivity contribution in [1.82, 2.24) is 24.8 Å². The Morgan fingerprint density at radius 1 is 0.891 bits per heavy atom. The number of benzene rings is 4. The molecule has 0 bridgehead atoms. The maximum absolute atomic E-state index is 13.5. The number of aromatic nitrogens is 4. The van der Waals surface area contributed by atoms with Crippen LogP contribution in [0, 0.1) is 0 Å². The number of aromatic amines is 1. The largest absolute Gasteiger partial charge is 0.345 e. The molecule has 0 aliphatic rings. The zero-order chi connectivity index (χ0) is 31.8. The third-order valence-corrected chi connectivity index (χ3v) is 10.0. The molecule has 0 spiro atoms. The Balaban J connectivity index is 1.32. The predicted molar refractivity (Wildman–Crippen MR) is 181 cm³/mol. The molecule has 0 aliphatic heterocycles. The molecule has 228 valence electrons. The molecule has 1 amide bonds. The average Bonchev–Trinajstić information content (AvgIpc) is 3.69. The molecular formula is C36H30N6O3S. The van der Waals surface area contributed by atoms with Crippen LogP contribution in [0.1, 0.15) is 16.2 Å². The van der Waals surface area contributed by atoms with Crippen LogP contribution >= 0.6 is 0 Å². The van der Waals surface area contributed by atoms with Crippen molar-refractivity contribution in [2.24, 2.45) is 7.05 Å². The fourth-order valence-electron chi connectivity index (χ4n) is 5.68. The first-order chi connectivity index (χ1) is 22.3. The number of rotatable bonds is 8. The number of imidazole rings is 1. The highest BCUT2D eigenvalue weighted by Gasteiger charge is 2.23. The molecule has 2 N–H and O–H groups in total. The molecule has 0 fully saturated rings. The van der Waals surface area contributed by atoms with Crippen LogP contribution in [0.2, 0.25) is 0 Å². The van der Waals surface area contributed by atoms with Gasteiger partial charge in [-0.25, -0.2) is 18.4 Å². The van der Waals surface area contributed by atoms with Crippen molar-refractivity contribution in [1.29, 1.82) is 0 Å². The van der Waals surface area contributed by atoms with Crippen LogP contribution in [0.25, 0.3) is 44.2 Å². The molecule has 0 radical (unpaired) electrons. The van der Waals surface area contributed by atoms with E-state index in [0.717, 1.165) is 44.4 Å². The summed E-state index contributed by atoms with van der Waals surface area (Å²) in [5.41, 5.74) is 6.31. The smallest absolute Gasteiger partial charge is 0.264 e. The number of carbonyl (C=O) groups excluding carboxylic acids is 1. The van der Waals surface area contributed by atoms with E-state index in [1.165, 1.54) is 4.31 Å². The summed E-state index contributed by atoms with van der Waals surface area (Å²) in [7, 11) is -0.320. The number of nitrogens with zero attached hydrogens (tertiary/aromatic N) is 4. The lowest BCUT2D eigenvalue weighted by Crippen LogP contribution is -2.26. The molecule has 0 saturated carbocycles. The number of amides is 1. The summed E-state index contributed by atoms with van der Waals surface area (Å²) in [6.45, 7) is 0.327. The fraction of sp³-hybridized carbons (Fsp3) is 0.0833. The van der Waals surface area contributed by atoms with E-state index in [9.17, 15) is 13.2 Å².